The summed E-state index contributed by atoms with van der Waals surface area (Å²) in [6, 6.07) is 4.09. The van der Waals surface area contributed by atoms with Crippen LogP contribution in [0.1, 0.15) is 37.9 Å². The lowest BCUT2D eigenvalue weighted by molar-refractivity contribution is 0.188. The molecule has 102 valence electrons. The van der Waals surface area contributed by atoms with Crippen LogP contribution >= 0.6 is 0 Å². The normalized spacial score (nSPS) is 12.4. The summed E-state index contributed by atoms with van der Waals surface area (Å²) < 4.78 is 10.5. The van der Waals surface area contributed by atoms with Crippen molar-refractivity contribution in [1.82, 2.24) is 10.3 Å². The van der Waals surface area contributed by atoms with Crippen molar-refractivity contribution < 1.29 is 9.47 Å². The van der Waals surface area contributed by atoms with Crippen LogP contribution < -0.4 is 10.1 Å². The topological polar surface area (TPSA) is 43.4 Å². The molecule has 0 fully saturated rings. The van der Waals surface area contributed by atoms with Gasteiger partial charge in [0.2, 0.25) is 0 Å². The van der Waals surface area contributed by atoms with E-state index in [0.29, 0.717) is 0 Å². The molecule has 4 nitrogen and oxygen atoms in total. The van der Waals surface area contributed by atoms with Gasteiger partial charge in [0, 0.05) is 19.9 Å². The molecule has 0 aliphatic heterocycles. The van der Waals surface area contributed by atoms with E-state index in [0.717, 1.165) is 43.9 Å². The van der Waals surface area contributed by atoms with Crippen molar-refractivity contribution in [3.8, 4) is 5.75 Å². The first-order chi connectivity index (χ1) is 8.83. The summed E-state index contributed by atoms with van der Waals surface area (Å²) in [5.41, 5.74) is 0.990. The number of hydrogen-bond donors (Lipinski definition) is 1. The van der Waals surface area contributed by atoms with Crippen LogP contribution in [0, 0.1) is 0 Å². The Kier molecular flexibility index (Phi) is 7.37. The fourth-order valence-electron chi connectivity index (χ4n) is 1.92. The molecule has 0 amide bonds. The Bertz CT molecular complexity index is 331. The summed E-state index contributed by atoms with van der Waals surface area (Å²) in [6.45, 7) is 3.92. The zero-order chi connectivity index (χ0) is 13.2. The van der Waals surface area contributed by atoms with Crippen molar-refractivity contribution >= 4 is 0 Å². The van der Waals surface area contributed by atoms with Crippen molar-refractivity contribution in [3.05, 3.63) is 24.0 Å². The van der Waals surface area contributed by atoms with Crippen molar-refractivity contribution in [2.24, 2.45) is 0 Å². The number of pyridine rings is 1. The maximum Gasteiger partial charge on any atom is 0.141 e. The first-order valence-electron chi connectivity index (χ1n) is 6.54. The molecule has 18 heavy (non-hydrogen) atoms. The zero-order valence-electron chi connectivity index (χ0n) is 11.6. The quantitative estimate of drug-likeness (QED) is 0.686. The van der Waals surface area contributed by atoms with Gasteiger partial charge in [0.1, 0.15) is 5.75 Å². The number of ether oxygens (including phenoxy) is 2. The number of rotatable bonds is 9. The Balaban J connectivity index is 2.72. The fraction of sp³-hybridized carbons (Fsp3) is 0.643. The smallest absolute Gasteiger partial charge is 0.141 e. The lowest BCUT2D eigenvalue weighted by atomic mass is 10.1. The molecule has 1 atom stereocenters. The van der Waals surface area contributed by atoms with Crippen LogP contribution in [0.5, 0.6) is 5.75 Å². The maximum absolute atomic E-state index is 5.38. The summed E-state index contributed by atoms with van der Waals surface area (Å²) in [5, 5.41) is 3.52. The summed E-state index contributed by atoms with van der Waals surface area (Å²) in [4.78, 5) is 4.45. The van der Waals surface area contributed by atoms with Crippen LogP contribution in [0.4, 0.5) is 0 Å². The highest BCUT2D eigenvalue weighted by Crippen LogP contribution is 2.25. The second-order valence-electron chi connectivity index (χ2n) is 4.23. The van der Waals surface area contributed by atoms with E-state index in [4.69, 9.17) is 9.47 Å². The van der Waals surface area contributed by atoms with Crippen molar-refractivity contribution in [2.75, 3.05) is 27.4 Å². The third-order valence-corrected chi connectivity index (χ3v) is 2.83. The average molecular weight is 252 g/mol. The lowest BCUT2D eigenvalue weighted by Crippen LogP contribution is -2.24. The van der Waals surface area contributed by atoms with E-state index < -0.39 is 0 Å². The van der Waals surface area contributed by atoms with Crippen LogP contribution in [0.15, 0.2) is 18.3 Å². The Morgan fingerprint density at radius 2 is 2.22 bits per heavy atom. The van der Waals surface area contributed by atoms with E-state index in [1.165, 1.54) is 0 Å². The minimum atomic E-state index is 0.233. The summed E-state index contributed by atoms with van der Waals surface area (Å²) in [5.74, 6) is 0.850. The number of hydrogen-bond acceptors (Lipinski definition) is 4. The van der Waals surface area contributed by atoms with E-state index in [1.54, 1.807) is 14.2 Å². The molecular formula is C14H24N2O2. The van der Waals surface area contributed by atoms with Crippen LogP contribution in [-0.2, 0) is 4.74 Å². The highest BCUT2D eigenvalue weighted by Gasteiger charge is 2.16. The zero-order valence-corrected chi connectivity index (χ0v) is 11.6. The van der Waals surface area contributed by atoms with Gasteiger partial charge in [0.15, 0.2) is 0 Å². The maximum atomic E-state index is 5.38. The fourth-order valence-corrected chi connectivity index (χ4v) is 1.92. The largest absolute Gasteiger partial charge is 0.495 e. The first kappa shape index (κ1) is 14.9. The van der Waals surface area contributed by atoms with Crippen LogP contribution in [0.25, 0.3) is 0 Å². The predicted octanol–water partition coefficient (Wildman–Crippen LogP) is 2.56. The molecule has 1 aromatic heterocycles. The van der Waals surface area contributed by atoms with Gasteiger partial charge in [-0.05, 0) is 37.9 Å². The van der Waals surface area contributed by atoms with E-state index >= 15 is 0 Å². The van der Waals surface area contributed by atoms with Gasteiger partial charge < -0.3 is 14.8 Å². The minimum absolute atomic E-state index is 0.233. The van der Waals surface area contributed by atoms with Gasteiger partial charge >= 0.3 is 0 Å². The lowest BCUT2D eigenvalue weighted by Gasteiger charge is -2.19. The molecule has 0 spiro atoms. The molecule has 4 heteroatoms. The molecule has 0 aromatic carbocycles. The summed E-state index contributed by atoms with van der Waals surface area (Å²) >= 11 is 0. The van der Waals surface area contributed by atoms with Gasteiger partial charge in [-0.25, -0.2) is 0 Å². The standard InChI is InChI=1S/C14H24N2O2/c1-4-9-15-12(7-6-11-17-2)14-13(18-3)8-5-10-16-14/h5,8,10,12,15H,4,6-7,9,11H2,1-3H3. The third kappa shape index (κ3) is 4.63. The number of aromatic nitrogens is 1. The molecule has 0 radical (unpaired) electrons. The second kappa shape index (κ2) is 8.89. The molecule has 1 N–H and O–H groups in total. The van der Waals surface area contributed by atoms with E-state index in [2.05, 4.69) is 17.2 Å². The van der Waals surface area contributed by atoms with Crippen molar-refractivity contribution in [1.29, 1.82) is 0 Å². The molecule has 1 aromatic rings. The van der Waals surface area contributed by atoms with Gasteiger partial charge in [-0.15, -0.1) is 0 Å². The molecule has 1 unspecified atom stereocenters. The van der Waals surface area contributed by atoms with E-state index in [9.17, 15) is 0 Å². The molecule has 0 aliphatic carbocycles. The number of methoxy groups -OCH3 is 2. The molecule has 0 saturated heterocycles. The van der Waals surface area contributed by atoms with Crippen LogP contribution in [0.3, 0.4) is 0 Å². The van der Waals surface area contributed by atoms with Crippen molar-refractivity contribution in [2.45, 2.75) is 32.2 Å². The average Bonchev–Trinajstić information content (AvgIpc) is 2.42. The minimum Gasteiger partial charge on any atom is -0.495 e. The molecule has 0 saturated carbocycles. The van der Waals surface area contributed by atoms with Gasteiger partial charge in [-0.3, -0.25) is 4.98 Å². The SMILES string of the molecule is CCCNC(CCCOC)c1ncccc1OC. The van der Waals surface area contributed by atoms with Crippen molar-refractivity contribution in [3.63, 3.8) is 0 Å². The van der Waals surface area contributed by atoms with Crippen LogP contribution in [0.2, 0.25) is 0 Å². The molecule has 1 heterocycles. The molecule has 1 rings (SSSR count). The Hall–Kier alpha value is -1.13. The molecule has 0 bridgehead atoms. The highest BCUT2D eigenvalue weighted by atomic mass is 16.5. The Morgan fingerprint density at radius 1 is 1.39 bits per heavy atom. The molecular weight excluding hydrogens is 228 g/mol. The Labute approximate surface area is 110 Å². The number of nitrogens with zero attached hydrogens (tertiary/aromatic N) is 1. The highest BCUT2D eigenvalue weighted by molar-refractivity contribution is 5.29. The van der Waals surface area contributed by atoms with E-state index in [-0.39, 0.29) is 6.04 Å². The third-order valence-electron chi connectivity index (χ3n) is 2.83. The van der Waals surface area contributed by atoms with Crippen LogP contribution in [-0.4, -0.2) is 32.4 Å². The molecule has 0 aliphatic rings. The monoisotopic (exact) mass is 252 g/mol. The number of nitrogens with one attached hydrogen (secondary N) is 1. The van der Waals surface area contributed by atoms with Gasteiger partial charge in [0.25, 0.3) is 0 Å². The van der Waals surface area contributed by atoms with E-state index in [1.807, 2.05) is 18.3 Å². The first-order valence-corrected chi connectivity index (χ1v) is 6.54. The predicted molar refractivity (Wildman–Crippen MR) is 72.9 cm³/mol. The Morgan fingerprint density at radius 3 is 2.89 bits per heavy atom. The summed E-state index contributed by atoms with van der Waals surface area (Å²) in [6.07, 6.45) is 4.93. The van der Waals surface area contributed by atoms with Gasteiger partial charge in [-0.2, -0.15) is 0 Å². The van der Waals surface area contributed by atoms with Gasteiger partial charge in [-0.1, -0.05) is 6.92 Å². The second-order valence-corrected chi connectivity index (χ2v) is 4.23. The van der Waals surface area contributed by atoms with Gasteiger partial charge in [0.05, 0.1) is 18.8 Å². The summed E-state index contributed by atoms with van der Waals surface area (Å²) in [7, 11) is 3.42.